The predicted octanol–water partition coefficient (Wildman–Crippen LogP) is 3.58. The first-order valence-electron chi connectivity index (χ1n) is 9.56. The number of hydrogen-bond donors (Lipinski definition) is 4. The van der Waals surface area contributed by atoms with Crippen molar-refractivity contribution in [3.8, 4) is 5.75 Å². The monoisotopic (exact) mass is 396 g/mol. The molecule has 0 saturated carbocycles. The number of aliphatic hydroxyl groups excluding tert-OH is 1. The molecular weight excluding hydrogens is 368 g/mol. The second-order valence-electron chi connectivity index (χ2n) is 7.24. The molecule has 1 amide bonds. The van der Waals surface area contributed by atoms with Gasteiger partial charge in [0.2, 0.25) is 5.91 Å². The van der Waals surface area contributed by atoms with Crippen LogP contribution in [0.25, 0.3) is 0 Å². The van der Waals surface area contributed by atoms with Crippen LogP contribution in [-0.4, -0.2) is 34.5 Å². The zero-order valence-electron chi connectivity index (χ0n) is 17.0. The van der Waals surface area contributed by atoms with Gasteiger partial charge in [0.25, 0.3) is 0 Å². The molecule has 2 unspecified atom stereocenters. The van der Waals surface area contributed by atoms with Gasteiger partial charge in [-0.1, -0.05) is 17.7 Å². The molecule has 0 aliphatic carbocycles. The van der Waals surface area contributed by atoms with E-state index in [-0.39, 0.29) is 29.9 Å². The van der Waals surface area contributed by atoms with Gasteiger partial charge in [-0.05, 0) is 62.7 Å². The second kappa shape index (κ2) is 10.5. The summed E-state index contributed by atoms with van der Waals surface area (Å²) >= 11 is 0. The molecule has 2 atom stereocenters. The summed E-state index contributed by atoms with van der Waals surface area (Å²) in [5, 5.41) is 25.6. The van der Waals surface area contributed by atoms with Crippen LogP contribution in [0.15, 0.2) is 60.2 Å². The van der Waals surface area contributed by atoms with Crippen molar-refractivity contribution >= 4 is 17.4 Å². The molecule has 29 heavy (non-hydrogen) atoms. The number of amides is 1. The van der Waals surface area contributed by atoms with Gasteiger partial charge in [-0.2, -0.15) is 0 Å². The van der Waals surface area contributed by atoms with Crippen molar-refractivity contribution in [2.45, 2.75) is 39.3 Å². The Kier molecular flexibility index (Phi) is 8.12. The van der Waals surface area contributed by atoms with Crippen LogP contribution in [0.2, 0.25) is 0 Å². The molecule has 0 aliphatic rings. The lowest BCUT2D eigenvalue weighted by molar-refractivity contribution is -0.111. The summed E-state index contributed by atoms with van der Waals surface area (Å²) in [5.74, 6) is -0.0739. The van der Waals surface area contributed by atoms with Gasteiger partial charge in [0, 0.05) is 36.3 Å². The zero-order valence-corrected chi connectivity index (χ0v) is 17.0. The van der Waals surface area contributed by atoms with Gasteiger partial charge in [0.1, 0.15) is 5.75 Å². The summed E-state index contributed by atoms with van der Waals surface area (Å²) in [6.45, 7) is 5.96. The van der Waals surface area contributed by atoms with Crippen molar-refractivity contribution in [2.24, 2.45) is 0 Å². The van der Waals surface area contributed by atoms with Gasteiger partial charge in [-0.3, -0.25) is 9.59 Å². The van der Waals surface area contributed by atoms with Crippen molar-refractivity contribution in [3.05, 3.63) is 71.3 Å². The number of aromatic hydroxyl groups is 1. The number of nitrogens with one attached hydrogen (secondary N) is 2. The Hall–Kier alpha value is -2.96. The lowest BCUT2D eigenvalue weighted by Crippen LogP contribution is -2.33. The summed E-state index contributed by atoms with van der Waals surface area (Å²) in [5.41, 5.74) is 2.80. The number of anilines is 1. The molecule has 0 fully saturated rings. The van der Waals surface area contributed by atoms with E-state index in [9.17, 15) is 19.8 Å². The predicted molar refractivity (Wildman–Crippen MR) is 114 cm³/mol. The first kappa shape index (κ1) is 22.3. The second-order valence-corrected chi connectivity index (χ2v) is 7.24. The number of aliphatic hydroxyl groups is 1. The highest BCUT2D eigenvalue weighted by atomic mass is 16.3. The standard InChI is InChI=1S/C23H28N2O4/c1-15(2)14-22(28)25-19-8-4-17(5-9-19)21(27)12-13-24-16(3)23(29)18-6-10-20(26)11-7-18/h4-11,14,16,23-24,26,29H,12-13H2,1-3H3,(H,25,28). The Labute approximate surface area is 171 Å². The molecule has 0 saturated heterocycles. The number of benzene rings is 2. The molecule has 4 N–H and O–H groups in total. The Morgan fingerprint density at radius 3 is 2.24 bits per heavy atom. The van der Waals surface area contributed by atoms with Crippen molar-refractivity contribution in [3.63, 3.8) is 0 Å². The third-order valence-corrected chi connectivity index (χ3v) is 4.42. The minimum atomic E-state index is -0.741. The van der Waals surface area contributed by atoms with Crippen LogP contribution in [0.5, 0.6) is 5.75 Å². The maximum atomic E-state index is 12.4. The summed E-state index contributed by atoms with van der Waals surface area (Å²) in [7, 11) is 0. The van der Waals surface area contributed by atoms with E-state index in [0.29, 0.717) is 23.4 Å². The minimum absolute atomic E-state index is 0.0222. The van der Waals surface area contributed by atoms with Crippen molar-refractivity contribution < 1.29 is 19.8 Å². The maximum Gasteiger partial charge on any atom is 0.248 e. The van der Waals surface area contributed by atoms with E-state index in [1.165, 1.54) is 18.2 Å². The van der Waals surface area contributed by atoms with Crippen LogP contribution < -0.4 is 10.6 Å². The molecule has 0 bridgehead atoms. The Morgan fingerprint density at radius 2 is 1.66 bits per heavy atom. The number of Topliss-reactive ketones (excluding diaryl/α,β-unsaturated/α-hetero) is 1. The number of allylic oxidation sites excluding steroid dienone is 1. The van der Waals surface area contributed by atoms with Crippen LogP contribution in [0.4, 0.5) is 5.69 Å². The summed E-state index contributed by atoms with van der Waals surface area (Å²) in [6.07, 6.45) is 1.06. The van der Waals surface area contributed by atoms with Crippen LogP contribution in [-0.2, 0) is 4.79 Å². The van der Waals surface area contributed by atoms with Gasteiger partial charge in [-0.25, -0.2) is 0 Å². The van der Waals surface area contributed by atoms with Crippen LogP contribution in [0, 0.1) is 0 Å². The van der Waals surface area contributed by atoms with E-state index in [0.717, 1.165) is 5.57 Å². The fraction of sp³-hybridized carbons (Fsp3) is 0.304. The van der Waals surface area contributed by atoms with Crippen LogP contribution >= 0.6 is 0 Å². The first-order valence-corrected chi connectivity index (χ1v) is 9.56. The average Bonchev–Trinajstić information content (AvgIpc) is 2.67. The summed E-state index contributed by atoms with van der Waals surface area (Å²) in [4.78, 5) is 24.1. The van der Waals surface area contributed by atoms with Crippen molar-refractivity contribution in [1.29, 1.82) is 0 Å². The fourth-order valence-electron chi connectivity index (χ4n) is 2.81. The third kappa shape index (κ3) is 7.18. The Morgan fingerprint density at radius 1 is 1.03 bits per heavy atom. The minimum Gasteiger partial charge on any atom is -0.508 e. The van der Waals surface area contributed by atoms with E-state index in [2.05, 4.69) is 10.6 Å². The van der Waals surface area contributed by atoms with Crippen LogP contribution in [0.1, 0.15) is 49.2 Å². The third-order valence-electron chi connectivity index (χ3n) is 4.42. The molecule has 0 aromatic heterocycles. The van der Waals surface area contributed by atoms with E-state index in [1.54, 1.807) is 36.4 Å². The molecule has 0 radical (unpaired) electrons. The molecule has 0 heterocycles. The van der Waals surface area contributed by atoms with Gasteiger partial charge in [0.15, 0.2) is 5.78 Å². The van der Waals surface area contributed by atoms with Crippen molar-refractivity contribution in [1.82, 2.24) is 5.32 Å². The molecule has 2 aromatic carbocycles. The summed E-state index contributed by atoms with van der Waals surface area (Å²) < 4.78 is 0. The fourth-order valence-corrected chi connectivity index (χ4v) is 2.81. The number of ketones is 1. The molecular formula is C23H28N2O4. The van der Waals surface area contributed by atoms with E-state index in [1.807, 2.05) is 20.8 Å². The quantitative estimate of drug-likeness (QED) is 0.384. The molecule has 2 rings (SSSR count). The number of carbonyl (C=O) groups is 2. The lowest BCUT2D eigenvalue weighted by Gasteiger charge is -2.20. The van der Waals surface area contributed by atoms with Gasteiger partial charge < -0.3 is 20.8 Å². The van der Waals surface area contributed by atoms with Gasteiger partial charge in [0.05, 0.1) is 6.10 Å². The van der Waals surface area contributed by atoms with Crippen molar-refractivity contribution in [2.75, 3.05) is 11.9 Å². The molecule has 0 spiro atoms. The normalized spacial score (nSPS) is 12.7. The largest absolute Gasteiger partial charge is 0.508 e. The average molecular weight is 396 g/mol. The smallest absolute Gasteiger partial charge is 0.248 e. The topological polar surface area (TPSA) is 98.7 Å². The molecule has 6 nitrogen and oxygen atoms in total. The van der Waals surface area contributed by atoms with Gasteiger partial charge in [-0.15, -0.1) is 0 Å². The number of phenolic OH excluding ortho intramolecular Hbond substituents is 1. The van der Waals surface area contributed by atoms with Gasteiger partial charge >= 0.3 is 0 Å². The van der Waals surface area contributed by atoms with E-state index in [4.69, 9.17) is 0 Å². The molecule has 6 heteroatoms. The zero-order chi connectivity index (χ0) is 21.4. The number of carbonyl (C=O) groups excluding carboxylic acids is 2. The van der Waals surface area contributed by atoms with E-state index >= 15 is 0 Å². The maximum absolute atomic E-state index is 12.4. The summed E-state index contributed by atoms with van der Waals surface area (Å²) in [6, 6.07) is 12.9. The highest BCUT2D eigenvalue weighted by Crippen LogP contribution is 2.19. The number of phenols is 1. The Bertz CT molecular complexity index is 853. The molecule has 2 aromatic rings. The first-order chi connectivity index (χ1) is 13.8. The SMILES string of the molecule is CC(C)=CC(=O)Nc1ccc(C(=O)CCNC(C)C(O)c2ccc(O)cc2)cc1. The molecule has 0 aliphatic heterocycles. The van der Waals surface area contributed by atoms with E-state index < -0.39 is 6.10 Å². The lowest BCUT2D eigenvalue weighted by atomic mass is 10.0. The molecule has 154 valence electrons. The number of rotatable bonds is 9. The number of hydrogen-bond acceptors (Lipinski definition) is 5. The highest BCUT2D eigenvalue weighted by molar-refractivity contribution is 6.00. The Balaban J connectivity index is 1.82. The van der Waals surface area contributed by atoms with Crippen LogP contribution in [0.3, 0.4) is 0 Å². The highest BCUT2D eigenvalue weighted by Gasteiger charge is 2.16.